The van der Waals surface area contributed by atoms with Crippen molar-refractivity contribution in [2.24, 2.45) is 11.8 Å². The highest BCUT2D eigenvalue weighted by Gasteiger charge is 2.13. The van der Waals surface area contributed by atoms with Gasteiger partial charge in [-0.05, 0) is 79.3 Å². The normalized spacial score (nSPS) is 22.0. The highest BCUT2D eigenvalue weighted by Crippen LogP contribution is 2.26. The number of aromatic nitrogens is 1. The second kappa shape index (κ2) is 7.63. The van der Waals surface area contributed by atoms with Gasteiger partial charge in [-0.2, -0.15) is 0 Å². The first kappa shape index (κ1) is 16.0. The maximum atomic E-state index is 4.47. The number of rotatable bonds is 1. The van der Waals surface area contributed by atoms with E-state index in [4.69, 9.17) is 0 Å². The molecule has 2 nitrogen and oxygen atoms in total. The van der Waals surface area contributed by atoms with E-state index < -0.39 is 0 Å². The number of pyridine rings is 1. The van der Waals surface area contributed by atoms with Crippen molar-refractivity contribution in [3.8, 4) is 0 Å². The Balaban J connectivity index is 1.87. The van der Waals surface area contributed by atoms with Crippen molar-refractivity contribution >= 4 is 11.5 Å². The van der Waals surface area contributed by atoms with Crippen LogP contribution in [0.5, 0.6) is 0 Å². The quantitative estimate of drug-likeness (QED) is 0.725. The molecule has 1 aliphatic heterocycles. The standard InChI is InChI=1S/C21H28N2/c1-3-17-9-10-19-11-12-22-21(15-19)23-20-6-4-5-18(14-20)8-7-16(2)13-17/h4-6,11-12,14-17H,3,7-10,13H2,1-2H3,(H,22,23). The molecule has 2 unspecified atom stereocenters. The van der Waals surface area contributed by atoms with Crippen LogP contribution in [0, 0.1) is 11.8 Å². The van der Waals surface area contributed by atoms with E-state index in [0.717, 1.165) is 29.8 Å². The van der Waals surface area contributed by atoms with Gasteiger partial charge in [-0.1, -0.05) is 32.4 Å². The van der Waals surface area contributed by atoms with Gasteiger partial charge < -0.3 is 5.32 Å². The summed E-state index contributed by atoms with van der Waals surface area (Å²) in [6.07, 6.45) is 9.46. The highest BCUT2D eigenvalue weighted by molar-refractivity contribution is 5.57. The zero-order valence-electron chi connectivity index (χ0n) is 14.4. The third kappa shape index (κ3) is 4.57. The summed E-state index contributed by atoms with van der Waals surface area (Å²) in [5.41, 5.74) is 3.95. The number of nitrogens with zero attached hydrogens (tertiary/aromatic N) is 1. The van der Waals surface area contributed by atoms with Crippen molar-refractivity contribution in [3.63, 3.8) is 0 Å². The predicted molar refractivity (Wildman–Crippen MR) is 98.2 cm³/mol. The average Bonchev–Trinajstić information content (AvgIpc) is 2.57. The van der Waals surface area contributed by atoms with E-state index in [1.807, 2.05) is 6.20 Å². The van der Waals surface area contributed by atoms with E-state index >= 15 is 0 Å². The number of aryl methyl sites for hydroxylation is 2. The molecule has 2 aromatic rings. The first-order valence-corrected chi connectivity index (χ1v) is 9.04. The van der Waals surface area contributed by atoms with Crippen LogP contribution < -0.4 is 5.32 Å². The Hall–Kier alpha value is -1.83. The number of hydrogen-bond acceptors (Lipinski definition) is 2. The Morgan fingerprint density at radius 2 is 1.91 bits per heavy atom. The lowest BCUT2D eigenvalue weighted by Gasteiger charge is -2.20. The maximum absolute atomic E-state index is 4.47. The first-order chi connectivity index (χ1) is 11.2. The van der Waals surface area contributed by atoms with Crippen molar-refractivity contribution in [3.05, 3.63) is 53.7 Å². The molecule has 122 valence electrons. The van der Waals surface area contributed by atoms with Gasteiger partial charge in [-0.25, -0.2) is 4.98 Å². The van der Waals surface area contributed by atoms with E-state index in [-0.39, 0.29) is 0 Å². The SMILES string of the molecule is CCC1CCc2ccnc(c2)Nc2cccc(c2)CCC(C)C1. The largest absolute Gasteiger partial charge is 0.340 e. The van der Waals surface area contributed by atoms with E-state index in [1.54, 1.807) is 0 Å². The lowest BCUT2D eigenvalue weighted by atomic mass is 9.86. The number of fused-ring (bicyclic) bond motifs is 4. The molecular formula is C21H28N2. The minimum atomic E-state index is 0.799. The van der Waals surface area contributed by atoms with E-state index in [1.165, 1.54) is 43.2 Å². The molecule has 3 rings (SSSR count). The molecule has 2 heteroatoms. The zero-order chi connectivity index (χ0) is 16.1. The van der Waals surface area contributed by atoms with Crippen molar-refractivity contribution in [1.29, 1.82) is 0 Å². The van der Waals surface area contributed by atoms with Gasteiger partial charge >= 0.3 is 0 Å². The Morgan fingerprint density at radius 3 is 2.78 bits per heavy atom. The molecule has 4 bridgehead atoms. The third-order valence-electron chi connectivity index (χ3n) is 5.10. The Bertz CT molecular complexity index is 635. The van der Waals surface area contributed by atoms with Gasteiger partial charge in [0.15, 0.2) is 0 Å². The van der Waals surface area contributed by atoms with Gasteiger partial charge in [0, 0.05) is 11.9 Å². The van der Waals surface area contributed by atoms with Crippen LogP contribution in [0.15, 0.2) is 42.6 Å². The maximum Gasteiger partial charge on any atom is 0.130 e. The molecular weight excluding hydrogens is 280 g/mol. The van der Waals surface area contributed by atoms with Gasteiger partial charge in [0.25, 0.3) is 0 Å². The second-order valence-corrected chi connectivity index (χ2v) is 7.07. The molecule has 1 aromatic carbocycles. The molecule has 0 saturated heterocycles. The fraction of sp³-hybridized carbons (Fsp3) is 0.476. The van der Waals surface area contributed by atoms with Crippen LogP contribution in [0.2, 0.25) is 0 Å². The van der Waals surface area contributed by atoms with E-state index in [9.17, 15) is 0 Å². The lowest BCUT2D eigenvalue weighted by molar-refractivity contribution is 0.347. The monoisotopic (exact) mass is 308 g/mol. The van der Waals surface area contributed by atoms with Crippen molar-refractivity contribution in [2.75, 3.05) is 5.32 Å². The zero-order valence-corrected chi connectivity index (χ0v) is 14.4. The minimum absolute atomic E-state index is 0.799. The van der Waals surface area contributed by atoms with E-state index in [0.29, 0.717) is 0 Å². The van der Waals surface area contributed by atoms with Crippen LogP contribution in [-0.4, -0.2) is 4.98 Å². The molecule has 0 fully saturated rings. The molecule has 0 radical (unpaired) electrons. The lowest BCUT2D eigenvalue weighted by Crippen LogP contribution is -2.09. The Morgan fingerprint density at radius 1 is 1.09 bits per heavy atom. The van der Waals surface area contributed by atoms with Gasteiger partial charge in [0.05, 0.1) is 0 Å². The summed E-state index contributed by atoms with van der Waals surface area (Å²) in [6, 6.07) is 13.1. The van der Waals surface area contributed by atoms with Gasteiger partial charge in [0.2, 0.25) is 0 Å². The summed E-state index contributed by atoms with van der Waals surface area (Å²) in [6.45, 7) is 4.75. The summed E-state index contributed by atoms with van der Waals surface area (Å²) in [7, 11) is 0. The topological polar surface area (TPSA) is 24.9 Å². The first-order valence-electron chi connectivity index (χ1n) is 9.04. The molecule has 0 aliphatic carbocycles. The number of benzene rings is 1. The molecule has 1 aliphatic rings. The molecule has 0 amide bonds. The molecule has 0 saturated carbocycles. The third-order valence-corrected chi connectivity index (χ3v) is 5.10. The molecule has 1 N–H and O–H groups in total. The van der Waals surface area contributed by atoms with Crippen LogP contribution in [0.1, 0.15) is 50.7 Å². The summed E-state index contributed by atoms with van der Waals surface area (Å²) < 4.78 is 0. The summed E-state index contributed by atoms with van der Waals surface area (Å²) >= 11 is 0. The summed E-state index contributed by atoms with van der Waals surface area (Å²) in [5, 5.41) is 3.46. The number of nitrogens with one attached hydrogen (secondary N) is 1. The molecule has 1 aromatic heterocycles. The fourth-order valence-corrected chi connectivity index (χ4v) is 3.61. The van der Waals surface area contributed by atoms with Crippen LogP contribution in [0.4, 0.5) is 11.5 Å². The number of anilines is 2. The van der Waals surface area contributed by atoms with Gasteiger partial charge in [-0.15, -0.1) is 0 Å². The van der Waals surface area contributed by atoms with Crippen LogP contribution >= 0.6 is 0 Å². The summed E-state index contributed by atoms with van der Waals surface area (Å²) in [4.78, 5) is 4.47. The molecule has 2 atom stereocenters. The van der Waals surface area contributed by atoms with Crippen molar-refractivity contribution < 1.29 is 0 Å². The highest BCUT2D eigenvalue weighted by atomic mass is 15.0. The van der Waals surface area contributed by atoms with Crippen LogP contribution in [0.3, 0.4) is 0 Å². The molecule has 0 spiro atoms. The van der Waals surface area contributed by atoms with Crippen molar-refractivity contribution in [1.82, 2.24) is 4.98 Å². The molecule has 2 heterocycles. The van der Waals surface area contributed by atoms with Crippen molar-refractivity contribution in [2.45, 2.75) is 52.4 Å². The smallest absolute Gasteiger partial charge is 0.130 e. The van der Waals surface area contributed by atoms with Gasteiger partial charge in [-0.3, -0.25) is 0 Å². The Kier molecular flexibility index (Phi) is 5.32. The minimum Gasteiger partial charge on any atom is -0.340 e. The summed E-state index contributed by atoms with van der Waals surface area (Å²) in [5.74, 6) is 2.59. The fourth-order valence-electron chi connectivity index (χ4n) is 3.61. The van der Waals surface area contributed by atoms with Gasteiger partial charge in [0.1, 0.15) is 5.82 Å². The molecule has 23 heavy (non-hydrogen) atoms. The Labute approximate surface area is 140 Å². The van der Waals surface area contributed by atoms with Crippen LogP contribution in [-0.2, 0) is 12.8 Å². The van der Waals surface area contributed by atoms with Crippen LogP contribution in [0.25, 0.3) is 0 Å². The van der Waals surface area contributed by atoms with E-state index in [2.05, 4.69) is 60.5 Å². The predicted octanol–water partition coefficient (Wildman–Crippen LogP) is 5.76. The number of hydrogen-bond donors (Lipinski definition) is 1. The average molecular weight is 308 g/mol. The second-order valence-electron chi connectivity index (χ2n) is 7.07.